The fraction of sp³-hybridized carbons (Fsp3) is 0.333. The minimum Gasteiger partial charge on any atom is -0.311 e. The molecule has 0 N–H and O–H groups in total. The van der Waals surface area contributed by atoms with Crippen LogP contribution in [0.3, 0.4) is 0 Å². The number of hydrogen-bond acceptors (Lipinski definition) is 2. The summed E-state index contributed by atoms with van der Waals surface area (Å²) in [6.07, 6.45) is 0. The summed E-state index contributed by atoms with van der Waals surface area (Å²) in [7, 11) is 0. The highest BCUT2D eigenvalue weighted by atomic mass is 79.9. The summed E-state index contributed by atoms with van der Waals surface area (Å²) in [4.78, 5) is 0. The van der Waals surface area contributed by atoms with Gasteiger partial charge in [-0.05, 0) is 35.3 Å². The van der Waals surface area contributed by atoms with Crippen molar-refractivity contribution in [3.05, 3.63) is 34.1 Å². The van der Waals surface area contributed by atoms with E-state index >= 15 is 0 Å². The van der Waals surface area contributed by atoms with Crippen LogP contribution in [0.4, 0.5) is 0 Å². The van der Waals surface area contributed by atoms with Crippen LogP contribution in [0.5, 0.6) is 0 Å². The molecule has 1 aromatic carbocycles. The molecule has 0 saturated carbocycles. The molecule has 0 atom stereocenters. The summed E-state index contributed by atoms with van der Waals surface area (Å²) in [6, 6.07) is 6.18. The second-order valence-corrected chi connectivity index (χ2v) is 5.11. The van der Waals surface area contributed by atoms with Crippen LogP contribution in [0, 0.1) is 6.92 Å². The Morgan fingerprint density at radius 3 is 2.71 bits per heavy atom. The van der Waals surface area contributed by atoms with Crippen LogP contribution in [0.1, 0.15) is 18.3 Å². The average molecular weight is 359 g/mol. The molecule has 2 rings (SSSR count). The van der Waals surface area contributed by atoms with Crippen LogP contribution in [0.25, 0.3) is 11.4 Å². The number of rotatable bonds is 3. The third-order valence-electron chi connectivity index (χ3n) is 2.70. The largest absolute Gasteiger partial charge is 0.311 e. The standard InChI is InChI=1S/C12H13Br2N3/c1-3-17-10(7-13)15-16-12(17)9-6-4-5-8(2)11(9)14/h4-6H,3,7H2,1-2H3. The molecule has 0 aliphatic heterocycles. The molecule has 1 heterocycles. The van der Waals surface area contributed by atoms with Crippen molar-refractivity contribution < 1.29 is 0 Å². The Hall–Kier alpha value is -0.680. The predicted octanol–water partition coefficient (Wildman–Crippen LogP) is 3.93. The lowest BCUT2D eigenvalue weighted by molar-refractivity contribution is 0.733. The zero-order valence-electron chi connectivity index (χ0n) is 9.74. The maximum atomic E-state index is 4.28. The first-order valence-electron chi connectivity index (χ1n) is 5.42. The van der Waals surface area contributed by atoms with Crippen molar-refractivity contribution in [3.63, 3.8) is 0 Å². The summed E-state index contributed by atoms with van der Waals surface area (Å²) in [5, 5.41) is 9.20. The molecular weight excluding hydrogens is 346 g/mol. The Morgan fingerprint density at radius 1 is 1.29 bits per heavy atom. The normalized spacial score (nSPS) is 10.8. The highest BCUT2D eigenvalue weighted by molar-refractivity contribution is 9.10. The lowest BCUT2D eigenvalue weighted by Crippen LogP contribution is -2.02. The summed E-state index contributed by atoms with van der Waals surface area (Å²) in [6.45, 7) is 5.04. The van der Waals surface area contributed by atoms with Gasteiger partial charge in [0.15, 0.2) is 5.82 Å². The van der Waals surface area contributed by atoms with Crippen molar-refractivity contribution in [2.75, 3.05) is 0 Å². The van der Waals surface area contributed by atoms with E-state index in [1.165, 1.54) is 5.56 Å². The van der Waals surface area contributed by atoms with E-state index in [4.69, 9.17) is 0 Å². The third kappa shape index (κ3) is 2.31. The molecule has 0 radical (unpaired) electrons. The molecule has 3 nitrogen and oxygen atoms in total. The van der Waals surface area contributed by atoms with E-state index in [1.54, 1.807) is 0 Å². The number of nitrogens with zero attached hydrogens (tertiary/aromatic N) is 3. The first-order valence-corrected chi connectivity index (χ1v) is 7.34. The number of aryl methyl sites for hydroxylation is 1. The van der Waals surface area contributed by atoms with E-state index in [-0.39, 0.29) is 0 Å². The van der Waals surface area contributed by atoms with Gasteiger partial charge < -0.3 is 4.57 Å². The predicted molar refractivity (Wildman–Crippen MR) is 76.2 cm³/mol. The molecule has 0 spiro atoms. The molecular formula is C12H13Br2N3. The van der Waals surface area contributed by atoms with Crippen molar-refractivity contribution in [3.8, 4) is 11.4 Å². The van der Waals surface area contributed by atoms with Crippen molar-refractivity contribution >= 4 is 31.9 Å². The summed E-state index contributed by atoms with van der Waals surface area (Å²) < 4.78 is 3.21. The molecule has 1 aromatic heterocycles. The van der Waals surface area contributed by atoms with Crippen LogP contribution in [0.15, 0.2) is 22.7 Å². The molecule has 0 amide bonds. The number of alkyl halides is 1. The van der Waals surface area contributed by atoms with Gasteiger partial charge in [0.1, 0.15) is 5.82 Å². The van der Waals surface area contributed by atoms with Crippen LogP contribution in [-0.4, -0.2) is 14.8 Å². The number of halogens is 2. The van der Waals surface area contributed by atoms with E-state index in [1.807, 2.05) is 6.07 Å². The van der Waals surface area contributed by atoms with Gasteiger partial charge in [0, 0.05) is 16.6 Å². The Labute approximate surface area is 118 Å². The molecule has 0 aliphatic carbocycles. The second kappa shape index (κ2) is 5.31. The molecule has 17 heavy (non-hydrogen) atoms. The molecule has 0 bridgehead atoms. The number of aromatic nitrogens is 3. The Kier molecular flexibility index (Phi) is 3.99. The zero-order valence-corrected chi connectivity index (χ0v) is 12.9. The fourth-order valence-corrected chi connectivity index (χ4v) is 2.64. The van der Waals surface area contributed by atoms with Gasteiger partial charge in [-0.15, -0.1) is 10.2 Å². The molecule has 0 aliphatic rings. The zero-order chi connectivity index (χ0) is 12.4. The molecule has 90 valence electrons. The van der Waals surface area contributed by atoms with E-state index in [0.717, 1.165) is 33.6 Å². The summed E-state index contributed by atoms with van der Waals surface area (Å²) >= 11 is 7.05. The van der Waals surface area contributed by atoms with Crippen molar-refractivity contribution in [1.29, 1.82) is 0 Å². The molecule has 0 unspecified atom stereocenters. The summed E-state index contributed by atoms with van der Waals surface area (Å²) in [5.74, 6) is 1.87. The first-order chi connectivity index (χ1) is 8.19. The highest BCUT2D eigenvalue weighted by Gasteiger charge is 2.14. The highest BCUT2D eigenvalue weighted by Crippen LogP contribution is 2.30. The summed E-state index contributed by atoms with van der Waals surface area (Å²) in [5.41, 5.74) is 2.29. The monoisotopic (exact) mass is 357 g/mol. The van der Waals surface area contributed by atoms with Gasteiger partial charge in [-0.2, -0.15) is 0 Å². The molecule has 0 saturated heterocycles. The maximum Gasteiger partial charge on any atom is 0.165 e. The van der Waals surface area contributed by atoms with Crippen molar-refractivity contribution in [2.45, 2.75) is 25.7 Å². The van der Waals surface area contributed by atoms with Crippen LogP contribution in [0.2, 0.25) is 0 Å². The van der Waals surface area contributed by atoms with Gasteiger partial charge in [-0.1, -0.05) is 34.1 Å². The van der Waals surface area contributed by atoms with Crippen LogP contribution < -0.4 is 0 Å². The lowest BCUT2D eigenvalue weighted by atomic mass is 10.1. The smallest absolute Gasteiger partial charge is 0.165 e. The second-order valence-electron chi connectivity index (χ2n) is 3.75. The average Bonchev–Trinajstić information content (AvgIpc) is 2.75. The SMILES string of the molecule is CCn1c(CBr)nnc1-c1cccc(C)c1Br. The van der Waals surface area contributed by atoms with E-state index in [9.17, 15) is 0 Å². The van der Waals surface area contributed by atoms with Gasteiger partial charge in [-0.25, -0.2) is 0 Å². The minimum absolute atomic E-state index is 0.720. The van der Waals surface area contributed by atoms with E-state index < -0.39 is 0 Å². The van der Waals surface area contributed by atoms with Gasteiger partial charge in [0.05, 0.1) is 5.33 Å². The van der Waals surface area contributed by atoms with Crippen LogP contribution >= 0.6 is 31.9 Å². The van der Waals surface area contributed by atoms with Gasteiger partial charge in [0.25, 0.3) is 0 Å². The van der Waals surface area contributed by atoms with Crippen LogP contribution in [-0.2, 0) is 11.9 Å². The van der Waals surface area contributed by atoms with Crippen molar-refractivity contribution in [2.24, 2.45) is 0 Å². The Balaban J connectivity index is 2.60. The minimum atomic E-state index is 0.720. The van der Waals surface area contributed by atoms with Gasteiger partial charge in [-0.3, -0.25) is 0 Å². The Morgan fingerprint density at radius 2 is 2.06 bits per heavy atom. The number of hydrogen-bond donors (Lipinski definition) is 0. The number of benzene rings is 1. The molecule has 5 heteroatoms. The quantitative estimate of drug-likeness (QED) is 0.778. The first kappa shape index (κ1) is 12.8. The van der Waals surface area contributed by atoms with E-state index in [2.05, 4.69) is 72.6 Å². The molecule has 0 fully saturated rings. The van der Waals surface area contributed by atoms with Crippen molar-refractivity contribution in [1.82, 2.24) is 14.8 Å². The fourth-order valence-electron chi connectivity index (χ4n) is 1.79. The maximum absolute atomic E-state index is 4.28. The Bertz CT molecular complexity index is 535. The van der Waals surface area contributed by atoms with E-state index in [0.29, 0.717) is 0 Å². The topological polar surface area (TPSA) is 30.7 Å². The molecule has 2 aromatic rings. The lowest BCUT2D eigenvalue weighted by Gasteiger charge is -2.09. The third-order valence-corrected chi connectivity index (χ3v) is 4.25. The van der Waals surface area contributed by atoms with Gasteiger partial charge >= 0.3 is 0 Å². The van der Waals surface area contributed by atoms with Gasteiger partial charge in [0.2, 0.25) is 0 Å².